The van der Waals surface area contributed by atoms with Crippen molar-refractivity contribution in [2.45, 2.75) is 31.9 Å². The van der Waals surface area contributed by atoms with Crippen LogP contribution in [0.4, 0.5) is 5.69 Å². The van der Waals surface area contributed by atoms with Crippen molar-refractivity contribution in [1.82, 2.24) is 5.32 Å². The molecule has 0 spiro atoms. The summed E-state index contributed by atoms with van der Waals surface area (Å²) in [5.74, 6) is 0.630. The minimum Gasteiger partial charge on any atom is -0.477 e. The summed E-state index contributed by atoms with van der Waals surface area (Å²) >= 11 is 0. The molecule has 0 aromatic heterocycles. The monoisotopic (exact) mass is 303 g/mol. The fraction of sp³-hybridized carbons (Fsp3) is 0.500. The summed E-state index contributed by atoms with van der Waals surface area (Å²) in [6.45, 7) is 2.52. The molecule has 3 rings (SSSR count). The number of nitrogens with zero attached hydrogens (tertiary/aromatic N) is 1. The maximum atomic E-state index is 12.2. The topological polar surface area (TPSA) is 84.7 Å². The van der Waals surface area contributed by atoms with Crippen LogP contribution in [0.2, 0.25) is 0 Å². The molecular formula is C16H21N3O3. The Labute approximate surface area is 129 Å². The lowest BCUT2D eigenvalue weighted by molar-refractivity contribution is -0.125. The number of hydrogen-bond donors (Lipinski definition) is 2. The van der Waals surface area contributed by atoms with Gasteiger partial charge in [-0.2, -0.15) is 0 Å². The summed E-state index contributed by atoms with van der Waals surface area (Å²) in [4.78, 5) is 25.5. The van der Waals surface area contributed by atoms with Gasteiger partial charge in [-0.25, -0.2) is 0 Å². The van der Waals surface area contributed by atoms with Gasteiger partial charge < -0.3 is 20.7 Å². The molecule has 2 aliphatic rings. The SMILES string of the molecule is C[C@@H](NC(=O)CN1C[C@H](C(N)=O)Oc2ccccc21)C1CC1. The number of hydrogen-bond acceptors (Lipinski definition) is 4. The van der Waals surface area contributed by atoms with E-state index in [1.807, 2.05) is 30.0 Å². The van der Waals surface area contributed by atoms with Gasteiger partial charge in [0.05, 0.1) is 18.8 Å². The third kappa shape index (κ3) is 3.16. The van der Waals surface area contributed by atoms with Crippen LogP contribution in [0.25, 0.3) is 0 Å². The lowest BCUT2D eigenvalue weighted by Gasteiger charge is -2.34. The van der Waals surface area contributed by atoms with Crippen LogP contribution < -0.4 is 20.7 Å². The van der Waals surface area contributed by atoms with Crippen LogP contribution >= 0.6 is 0 Å². The third-order valence-corrected chi connectivity index (χ3v) is 4.23. The van der Waals surface area contributed by atoms with E-state index < -0.39 is 12.0 Å². The van der Waals surface area contributed by atoms with E-state index in [4.69, 9.17) is 10.5 Å². The first-order valence-corrected chi connectivity index (χ1v) is 7.64. The Morgan fingerprint density at radius 3 is 2.82 bits per heavy atom. The van der Waals surface area contributed by atoms with Gasteiger partial charge in [0.2, 0.25) is 5.91 Å². The highest BCUT2D eigenvalue weighted by Gasteiger charge is 2.32. The Kier molecular flexibility index (Phi) is 3.92. The number of para-hydroxylation sites is 2. The molecule has 1 saturated carbocycles. The number of rotatable bonds is 5. The number of carbonyl (C=O) groups is 2. The molecule has 1 aliphatic heterocycles. The lowest BCUT2D eigenvalue weighted by Crippen LogP contribution is -2.50. The Morgan fingerprint density at radius 1 is 1.41 bits per heavy atom. The summed E-state index contributed by atoms with van der Waals surface area (Å²) in [6.07, 6.45) is 1.64. The summed E-state index contributed by atoms with van der Waals surface area (Å²) in [5.41, 5.74) is 6.17. The minimum atomic E-state index is -0.733. The fourth-order valence-corrected chi connectivity index (χ4v) is 2.79. The summed E-state index contributed by atoms with van der Waals surface area (Å²) in [5, 5.41) is 3.03. The molecular weight excluding hydrogens is 282 g/mol. The van der Waals surface area contributed by atoms with Crippen molar-refractivity contribution in [2.75, 3.05) is 18.0 Å². The molecule has 0 saturated heterocycles. The van der Waals surface area contributed by atoms with Gasteiger partial charge in [-0.3, -0.25) is 9.59 Å². The summed E-state index contributed by atoms with van der Waals surface area (Å²) < 4.78 is 5.59. The van der Waals surface area contributed by atoms with E-state index in [9.17, 15) is 9.59 Å². The van der Waals surface area contributed by atoms with E-state index >= 15 is 0 Å². The van der Waals surface area contributed by atoms with Gasteiger partial charge in [-0.15, -0.1) is 0 Å². The van der Waals surface area contributed by atoms with Crippen molar-refractivity contribution in [3.05, 3.63) is 24.3 Å². The molecule has 2 amide bonds. The van der Waals surface area contributed by atoms with Crippen molar-refractivity contribution < 1.29 is 14.3 Å². The molecule has 118 valence electrons. The third-order valence-electron chi connectivity index (χ3n) is 4.23. The molecule has 2 atom stereocenters. The van der Waals surface area contributed by atoms with Crippen LogP contribution in [0.15, 0.2) is 24.3 Å². The van der Waals surface area contributed by atoms with E-state index in [-0.39, 0.29) is 25.0 Å². The van der Waals surface area contributed by atoms with E-state index in [0.717, 1.165) is 5.69 Å². The minimum absolute atomic E-state index is 0.0423. The van der Waals surface area contributed by atoms with Crippen LogP contribution in [-0.2, 0) is 9.59 Å². The number of primary amides is 1. The van der Waals surface area contributed by atoms with Gasteiger partial charge in [-0.1, -0.05) is 12.1 Å². The zero-order valence-electron chi connectivity index (χ0n) is 12.6. The van der Waals surface area contributed by atoms with Gasteiger partial charge in [-0.05, 0) is 37.8 Å². The van der Waals surface area contributed by atoms with Gasteiger partial charge in [0.15, 0.2) is 6.10 Å². The van der Waals surface area contributed by atoms with Crippen LogP contribution in [0, 0.1) is 5.92 Å². The van der Waals surface area contributed by atoms with E-state index in [1.165, 1.54) is 12.8 Å². The predicted molar refractivity (Wildman–Crippen MR) is 82.6 cm³/mol. The molecule has 3 N–H and O–H groups in total. The van der Waals surface area contributed by atoms with Crippen LogP contribution in [0.5, 0.6) is 5.75 Å². The van der Waals surface area contributed by atoms with Gasteiger partial charge in [0.1, 0.15) is 5.75 Å². The molecule has 0 bridgehead atoms. The van der Waals surface area contributed by atoms with Crippen LogP contribution in [0.1, 0.15) is 19.8 Å². The van der Waals surface area contributed by atoms with E-state index in [1.54, 1.807) is 6.07 Å². The smallest absolute Gasteiger partial charge is 0.260 e. The van der Waals surface area contributed by atoms with Gasteiger partial charge >= 0.3 is 0 Å². The van der Waals surface area contributed by atoms with Crippen LogP contribution in [-0.4, -0.2) is 37.0 Å². The number of anilines is 1. The fourth-order valence-electron chi connectivity index (χ4n) is 2.79. The first kappa shape index (κ1) is 14.7. The quantitative estimate of drug-likeness (QED) is 0.836. The van der Waals surface area contributed by atoms with Crippen LogP contribution in [0.3, 0.4) is 0 Å². The number of benzene rings is 1. The maximum absolute atomic E-state index is 12.2. The zero-order valence-corrected chi connectivity index (χ0v) is 12.6. The Bertz CT molecular complexity index is 586. The molecule has 1 heterocycles. The lowest BCUT2D eigenvalue weighted by atomic mass is 10.1. The first-order valence-electron chi connectivity index (χ1n) is 7.64. The van der Waals surface area contributed by atoms with Crippen molar-refractivity contribution in [1.29, 1.82) is 0 Å². The highest BCUT2D eigenvalue weighted by molar-refractivity contribution is 5.85. The summed E-state index contributed by atoms with van der Waals surface area (Å²) in [7, 11) is 0. The molecule has 6 heteroatoms. The number of carbonyl (C=O) groups excluding carboxylic acids is 2. The Hall–Kier alpha value is -2.24. The Morgan fingerprint density at radius 2 is 2.14 bits per heavy atom. The first-order chi connectivity index (χ1) is 10.5. The average molecular weight is 303 g/mol. The van der Waals surface area contributed by atoms with Gasteiger partial charge in [0, 0.05) is 6.04 Å². The highest BCUT2D eigenvalue weighted by Crippen LogP contribution is 2.33. The molecule has 6 nitrogen and oxygen atoms in total. The number of nitrogens with one attached hydrogen (secondary N) is 1. The summed E-state index contributed by atoms with van der Waals surface area (Å²) in [6, 6.07) is 7.57. The molecule has 1 fully saturated rings. The van der Waals surface area contributed by atoms with Crippen molar-refractivity contribution in [3.8, 4) is 5.75 Å². The standard InChI is InChI=1S/C16H21N3O3/c1-10(11-6-7-11)18-15(20)9-19-8-14(16(17)21)22-13-5-3-2-4-12(13)19/h2-5,10-11,14H,6-9H2,1H3,(H2,17,21)(H,18,20)/t10-,14-/m1/s1. The molecule has 0 radical (unpaired) electrons. The zero-order chi connectivity index (χ0) is 15.7. The number of amides is 2. The molecule has 1 aromatic rings. The van der Waals surface area contributed by atoms with E-state index in [0.29, 0.717) is 11.7 Å². The second kappa shape index (κ2) is 5.87. The highest BCUT2D eigenvalue weighted by atomic mass is 16.5. The maximum Gasteiger partial charge on any atom is 0.260 e. The number of ether oxygens (including phenoxy) is 1. The van der Waals surface area contributed by atoms with Crippen molar-refractivity contribution in [2.24, 2.45) is 11.7 Å². The average Bonchev–Trinajstić information content (AvgIpc) is 3.31. The van der Waals surface area contributed by atoms with Crippen molar-refractivity contribution in [3.63, 3.8) is 0 Å². The largest absolute Gasteiger partial charge is 0.477 e. The number of nitrogens with two attached hydrogens (primary N) is 1. The second-order valence-corrected chi connectivity index (χ2v) is 6.05. The van der Waals surface area contributed by atoms with Gasteiger partial charge in [0.25, 0.3) is 5.91 Å². The molecule has 1 aromatic carbocycles. The molecule has 1 aliphatic carbocycles. The second-order valence-electron chi connectivity index (χ2n) is 6.05. The van der Waals surface area contributed by atoms with E-state index in [2.05, 4.69) is 5.32 Å². The molecule has 22 heavy (non-hydrogen) atoms. The number of fused-ring (bicyclic) bond motifs is 1. The Balaban J connectivity index is 1.70. The van der Waals surface area contributed by atoms with Crippen molar-refractivity contribution >= 4 is 17.5 Å². The normalized spacial score (nSPS) is 21.5. The molecule has 0 unspecified atom stereocenters. The predicted octanol–water partition coefficient (Wildman–Crippen LogP) is 0.654.